The van der Waals surface area contributed by atoms with Crippen molar-refractivity contribution in [1.82, 2.24) is 19.9 Å². The van der Waals surface area contributed by atoms with Gasteiger partial charge in [0.15, 0.2) is 0 Å². The quantitative estimate of drug-likeness (QED) is 0.606. The Morgan fingerprint density at radius 1 is 1.00 bits per heavy atom. The van der Waals surface area contributed by atoms with E-state index in [0.29, 0.717) is 17.9 Å². The summed E-state index contributed by atoms with van der Waals surface area (Å²) in [4.78, 5) is 32.6. The molecule has 2 aliphatic rings. The van der Waals surface area contributed by atoms with Crippen LogP contribution in [0.2, 0.25) is 0 Å². The highest BCUT2D eigenvalue weighted by molar-refractivity contribution is 5.88. The lowest BCUT2D eigenvalue weighted by Crippen LogP contribution is -2.49. The maximum atomic E-state index is 11.3. The average Bonchev–Trinajstić information content (AvgIpc) is 2.86. The standard InChI is InChI=1S/C24H36N8O2/c1-4-30(5-2)23-27-22(26-20-8-6-19(7-9-20)25-18(3)33)28-24(29-23)32-12-10-21(11-13-32)31-14-16-34-17-15-31/h6-9,21H,4-5,10-17H2,1-3H3,(H,25,33)(H,26,27,28,29). The molecule has 0 radical (unpaired) electrons. The van der Waals surface area contributed by atoms with E-state index in [1.807, 2.05) is 24.3 Å². The van der Waals surface area contributed by atoms with Gasteiger partial charge in [-0.2, -0.15) is 15.0 Å². The molecule has 1 amide bonds. The summed E-state index contributed by atoms with van der Waals surface area (Å²) in [7, 11) is 0. The molecule has 0 aliphatic carbocycles. The fourth-order valence-electron chi connectivity index (χ4n) is 4.54. The van der Waals surface area contributed by atoms with E-state index in [4.69, 9.17) is 19.7 Å². The van der Waals surface area contributed by atoms with Crippen molar-refractivity contribution in [2.24, 2.45) is 0 Å². The number of amides is 1. The molecule has 3 heterocycles. The molecule has 0 spiro atoms. The van der Waals surface area contributed by atoms with Gasteiger partial charge in [-0.3, -0.25) is 9.69 Å². The molecule has 0 saturated carbocycles. The van der Waals surface area contributed by atoms with Gasteiger partial charge < -0.3 is 25.2 Å². The second kappa shape index (κ2) is 11.4. The van der Waals surface area contributed by atoms with Crippen LogP contribution in [0.15, 0.2) is 24.3 Å². The average molecular weight is 469 g/mol. The van der Waals surface area contributed by atoms with E-state index in [0.717, 1.165) is 82.6 Å². The third kappa shape index (κ3) is 6.12. The SMILES string of the molecule is CCN(CC)c1nc(Nc2ccc(NC(C)=O)cc2)nc(N2CCC(N3CCOCC3)CC2)n1. The van der Waals surface area contributed by atoms with Crippen molar-refractivity contribution in [3.05, 3.63) is 24.3 Å². The van der Waals surface area contributed by atoms with Gasteiger partial charge in [-0.1, -0.05) is 0 Å². The molecule has 2 saturated heterocycles. The van der Waals surface area contributed by atoms with Crippen molar-refractivity contribution in [3.8, 4) is 0 Å². The lowest BCUT2D eigenvalue weighted by molar-refractivity contribution is -0.114. The maximum absolute atomic E-state index is 11.3. The highest BCUT2D eigenvalue weighted by atomic mass is 16.5. The van der Waals surface area contributed by atoms with Crippen molar-refractivity contribution in [2.45, 2.75) is 39.7 Å². The lowest BCUT2D eigenvalue weighted by atomic mass is 10.0. The number of morpholine rings is 1. The summed E-state index contributed by atoms with van der Waals surface area (Å²) in [6, 6.07) is 8.12. The second-order valence-electron chi connectivity index (χ2n) is 8.68. The van der Waals surface area contributed by atoms with Crippen molar-refractivity contribution in [2.75, 3.05) is 72.9 Å². The van der Waals surface area contributed by atoms with Gasteiger partial charge in [0.05, 0.1) is 13.2 Å². The number of ether oxygens (including phenoxy) is 1. The summed E-state index contributed by atoms with van der Waals surface area (Å²) in [5, 5.41) is 6.10. The van der Waals surface area contributed by atoms with Gasteiger partial charge in [-0.05, 0) is 51.0 Å². The van der Waals surface area contributed by atoms with Crippen LogP contribution in [-0.2, 0) is 9.53 Å². The fraction of sp³-hybridized carbons (Fsp3) is 0.583. The highest BCUT2D eigenvalue weighted by Gasteiger charge is 2.27. The number of nitrogens with one attached hydrogen (secondary N) is 2. The van der Waals surface area contributed by atoms with Crippen LogP contribution in [0.3, 0.4) is 0 Å². The van der Waals surface area contributed by atoms with Gasteiger partial charge in [-0.25, -0.2) is 0 Å². The first-order valence-corrected chi connectivity index (χ1v) is 12.3. The predicted molar refractivity (Wildman–Crippen MR) is 135 cm³/mol. The molecule has 0 unspecified atom stereocenters. The van der Waals surface area contributed by atoms with Gasteiger partial charge in [0.25, 0.3) is 0 Å². The minimum absolute atomic E-state index is 0.0935. The van der Waals surface area contributed by atoms with E-state index in [2.05, 4.69) is 39.2 Å². The van der Waals surface area contributed by atoms with E-state index in [1.165, 1.54) is 6.92 Å². The summed E-state index contributed by atoms with van der Waals surface area (Å²) in [5.41, 5.74) is 1.60. The van der Waals surface area contributed by atoms with Crippen LogP contribution < -0.4 is 20.4 Å². The Morgan fingerprint density at radius 2 is 1.65 bits per heavy atom. The number of benzene rings is 1. The number of hydrogen-bond donors (Lipinski definition) is 2. The first-order valence-electron chi connectivity index (χ1n) is 12.3. The van der Waals surface area contributed by atoms with Crippen LogP contribution in [0.4, 0.5) is 29.2 Å². The number of aromatic nitrogens is 3. The van der Waals surface area contributed by atoms with Crippen LogP contribution >= 0.6 is 0 Å². The normalized spacial score (nSPS) is 17.4. The van der Waals surface area contributed by atoms with Gasteiger partial charge in [0.1, 0.15) is 0 Å². The Morgan fingerprint density at radius 3 is 2.26 bits per heavy atom. The number of carbonyl (C=O) groups is 1. The predicted octanol–water partition coefficient (Wildman–Crippen LogP) is 2.72. The third-order valence-electron chi connectivity index (χ3n) is 6.43. The number of nitrogens with zero attached hydrogens (tertiary/aromatic N) is 6. The molecule has 0 atom stereocenters. The molecule has 2 aromatic rings. The maximum Gasteiger partial charge on any atom is 0.233 e. The monoisotopic (exact) mass is 468 g/mol. The summed E-state index contributed by atoms with van der Waals surface area (Å²) >= 11 is 0. The van der Waals surface area contributed by atoms with Crippen molar-refractivity contribution < 1.29 is 9.53 Å². The zero-order chi connectivity index (χ0) is 23.9. The Balaban J connectivity index is 1.50. The zero-order valence-electron chi connectivity index (χ0n) is 20.5. The molecule has 10 nitrogen and oxygen atoms in total. The largest absolute Gasteiger partial charge is 0.379 e. The minimum atomic E-state index is -0.0935. The molecular weight excluding hydrogens is 432 g/mol. The summed E-state index contributed by atoms with van der Waals surface area (Å²) in [5.74, 6) is 1.83. The molecule has 1 aromatic heterocycles. The first kappa shape index (κ1) is 24.2. The van der Waals surface area contributed by atoms with Gasteiger partial charge in [-0.15, -0.1) is 0 Å². The van der Waals surface area contributed by atoms with Gasteiger partial charge in [0, 0.05) is 63.6 Å². The van der Waals surface area contributed by atoms with Crippen molar-refractivity contribution >= 4 is 35.1 Å². The molecule has 2 aliphatic heterocycles. The molecule has 184 valence electrons. The molecular formula is C24H36N8O2. The van der Waals surface area contributed by atoms with E-state index >= 15 is 0 Å². The van der Waals surface area contributed by atoms with Crippen LogP contribution in [0, 0.1) is 0 Å². The van der Waals surface area contributed by atoms with E-state index < -0.39 is 0 Å². The summed E-state index contributed by atoms with van der Waals surface area (Å²) < 4.78 is 5.51. The van der Waals surface area contributed by atoms with Crippen molar-refractivity contribution in [3.63, 3.8) is 0 Å². The third-order valence-corrected chi connectivity index (χ3v) is 6.43. The topological polar surface area (TPSA) is 98.8 Å². The van der Waals surface area contributed by atoms with Gasteiger partial charge in [0.2, 0.25) is 23.8 Å². The fourth-order valence-corrected chi connectivity index (χ4v) is 4.54. The Kier molecular flexibility index (Phi) is 8.12. The van der Waals surface area contributed by atoms with Crippen LogP contribution in [0.1, 0.15) is 33.6 Å². The summed E-state index contributed by atoms with van der Waals surface area (Å²) in [6.07, 6.45) is 2.19. The zero-order valence-corrected chi connectivity index (χ0v) is 20.5. The molecule has 1 aromatic carbocycles. The molecule has 0 bridgehead atoms. The number of piperidine rings is 1. The molecule has 4 rings (SSSR count). The van der Waals surface area contributed by atoms with E-state index in [1.54, 1.807) is 0 Å². The van der Waals surface area contributed by atoms with E-state index in [-0.39, 0.29) is 5.91 Å². The number of anilines is 5. The van der Waals surface area contributed by atoms with Crippen LogP contribution in [0.5, 0.6) is 0 Å². The lowest BCUT2D eigenvalue weighted by Gasteiger charge is -2.40. The number of carbonyl (C=O) groups excluding carboxylic acids is 1. The molecule has 34 heavy (non-hydrogen) atoms. The van der Waals surface area contributed by atoms with Crippen LogP contribution in [0.25, 0.3) is 0 Å². The molecule has 10 heteroatoms. The Hall–Kier alpha value is -2.98. The van der Waals surface area contributed by atoms with Gasteiger partial charge >= 0.3 is 0 Å². The Labute approximate surface area is 201 Å². The van der Waals surface area contributed by atoms with Crippen LogP contribution in [-0.4, -0.2) is 84.3 Å². The number of hydrogen-bond acceptors (Lipinski definition) is 9. The first-order chi connectivity index (χ1) is 16.6. The summed E-state index contributed by atoms with van der Waals surface area (Å²) in [6.45, 7) is 12.9. The van der Waals surface area contributed by atoms with Crippen molar-refractivity contribution in [1.29, 1.82) is 0 Å². The smallest absolute Gasteiger partial charge is 0.233 e. The van der Waals surface area contributed by atoms with E-state index in [9.17, 15) is 4.79 Å². The number of rotatable bonds is 8. The highest BCUT2D eigenvalue weighted by Crippen LogP contribution is 2.25. The molecule has 2 N–H and O–H groups in total. The molecule has 2 fully saturated rings. The second-order valence-corrected chi connectivity index (χ2v) is 8.68. The Bertz CT molecular complexity index is 936. The minimum Gasteiger partial charge on any atom is -0.379 e.